The number of hydrogen-bond acceptors (Lipinski definition) is 3. The minimum atomic E-state index is -0.258. The molecular formula is C21H24ClFN4O2. The molecule has 6 nitrogen and oxygen atoms in total. The van der Waals surface area contributed by atoms with E-state index in [-0.39, 0.29) is 23.7 Å². The van der Waals surface area contributed by atoms with Gasteiger partial charge in [0.25, 0.3) is 5.91 Å². The van der Waals surface area contributed by atoms with Crippen LogP contribution in [-0.4, -0.2) is 60.4 Å². The van der Waals surface area contributed by atoms with Crippen LogP contribution in [0.5, 0.6) is 0 Å². The third kappa shape index (κ3) is 4.24. The van der Waals surface area contributed by atoms with E-state index in [1.165, 1.54) is 12.3 Å². The number of aliphatic imine (C=N–C) groups is 1. The number of nitrogens with zero attached hydrogens (tertiary/aromatic N) is 3. The van der Waals surface area contributed by atoms with Crippen molar-refractivity contribution in [2.75, 3.05) is 32.7 Å². The van der Waals surface area contributed by atoms with Crippen molar-refractivity contribution in [1.29, 1.82) is 0 Å². The molecule has 2 fully saturated rings. The SMILES string of the molecule is CCN=C(NC1CC1c1c(F)cccc1Cl)N1CCN(C(=O)c2ccco2)CC1. The average molecular weight is 419 g/mol. The van der Waals surface area contributed by atoms with Crippen molar-refractivity contribution < 1.29 is 13.6 Å². The number of guanidine groups is 1. The lowest BCUT2D eigenvalue weighted by Gasteiger charge is -2.36. The summed E-state index contributed by atoms with van der Waals surface area (Å²) in [6, 6.07) is 8.31. The molecule has 0 radical (unpaired) electrons. The summed E-state index contributed by atoms with van der Waals surface area (Å²) in [6.07, 6.45) is 2.33. The molecule has 0 bridgehead atoms. The number of furan rings is 1. The predicted molar refractivity (Wildman–Crippen MR) is 110 cm³/mol. The first-order valence-electron chi connectivity index (χ1n) is 9.91. The van der Waals surface area contributed by atoms with E-state index in [0.717, 1.165) is 12.4 Å². The predicted octanol–water partition coefficient (Wildman–Crippen LogP) is 3.35. The lowest BCUT2D eigenvalue weighted by Crippen LogP contribution is -2.54. The maximum Gasteiger partial charge on any atom is 0.289 e. The summed E-state index contributed by atoms with van der Waals surface area (Å²) in [6.45, 7) is 5.17. The minimum absolute atomic E-state index is 0.0487. The number of benzene rings is 1. The topological polar surface area (TPSA) is 61.1 Å². The van der Waals surface area contributed by atoms with Crippen molar-refractivity contribution in [2.24, 2.45) is 4.99 Å². The van der Waals surface area contributed by atoms with Crippen molar-refractivity contribution in [3.05, 3.63) is 58.8 Å². The summed E-state index contributed by atoms with van der Waals surface area (Å²) in [7, 11) is 0. The Labute approximate surface area is 174 Å². The smallest absolute Gasteiger partial charge is 0.289 e. The molecule has 0 spiro atoms. The van der Waals surface area contributed by atoms with E-state index < -0.39 is 0 Å². The van der Waals surface area contributed by atoms with Crippen LogP contribution < -0.4 is 5.32 Å². The van der Waals surface area contributed by atoms with Crippen LogP contribution in [0.1, 0.15) is 35.4 Å². The van der Waals surface area contributed by atoms with Gasteiger partial charge in [-0.1, -0.05) is 17.7 Å². The first-order valence-corrected chi connectivity index (χ1v) is 10.3. The molecule has 1 aromatic carbocycles. The Kier molecular flexibility index (Phi) is 5.76. The van der Waals surface area contributed by atoms with Crippen LogP contribution in [0.4, 0.5) is 4.39 Å². The highest BCUT2D eigenvalue weighted by molar-refractivity contribution is 6.31. The standard InChI is InChI=1S/C21H24ClFN4O2/c1-2-24-21(25-17-13-14(17)19-15(22)5-3-6-16(19)23)27-10-8-26(9-11-27)20(28)18-7-4-12-29-18/h3-7,12,14,17H,2,8-11,13H2,1H3,(H,24,25). The van der Waals surface area contributed by atoms with Gasteiger partial charge in [0.2, 0.25) is 0 Å². The molecule has 1 aromatic heterocycles. The number of carbonyl (C=O) groups is 1. The van der Waals surface area contributed by atoms with E-state index in [9.17, 15) is 9.18 Å². The van der Waals surface area contributed by atoms with Crippen LogP contribution in [0.25, 0.3) is 0 Å². The van der Waals surface area contributed by atoms with E-state index >= 15 is 0 Å². The van der Waals surface area contributed by atoms with Crippen molar-refractivity contribution in [2.45, 2.75) is 25.3 Å². The fourth-order valence-electron chi connectivity index (χ4n) is 3.77. The highest BCUT2D eigenvalue weighted by atomic mass is 35.5. The molecule has 29 heavy (non-hydrogen) atoms. The van der Waals surface area contributed by atoms with E-state index in [0.29, 0.717) is 49.1 Å². The van der Waals surface area contributed by atoms with Gasteiger partial charge >= 0.3 is 0 Å². The quantitative estimate of drug-likeness (QED) is 0.611. The lowest BCUT2D eigenvalue weighted by molar-refractivity contribution is 0.0657. The van der Waals surface area contributed by atoms with Gasteiger partial charge in [0.15, 0.2) is 11.7 Å². The summed E-state index contributed by atoms with van der Waals surface area (Å²) in [5.41, 5.74) is 0.580. The third-order valence-electron chi connectivity index (χ3n) is 5.38. The number of carbonyl (C=O) groups excluding carboxylic acids is 1. The van der Waals surface area contributed by atoms with Crippen molar-refractivity contribution >= 4 is 23.5 Å². The first-order chi connectivity index (χ1) is 14.1. The molecule has 1 N–H and O–H groups in total. The Morgan fingerprint density at radius 1 is 1.24 bits per heavy atom. The van der Waals surface area contributed by atoms with E-state index in [4.69, 9.17) is 16.0 Å². The van der Waals surface area contributed by atoms with Crippen LogP contribution >= 0.6 is 11.6 Å². The number of rotatable bonds is 4. The molecule has 4 rings (SSSR count). The highest BCUT2D eigenvalue weighted by Gasteiger charge is 2.42. The zero-order chi connectivity index (χ0) is 20.4. The largest absolute Gasteiger partial charge is 0.459 e. The Hall–Kier alpha value is -2.54. The summed E-state index contributed by atoms with van der Waals surface area (Å²) in [5, 5.41) is 3.94. The van der Waals surface area contributed by atoms with Gasteiger partial charge < -0.3 is 19.5 Å². The molecule has 2 aliphatic rings. The van der Waals surface area contributed by atoms with Crippen LogP contribution in [0, 0.1) is 5.82 Å². The molecule has 1 saturated heterocycles. The fraction of sp³-hybridized carbons (Fsp3) is 0.429. The van der Waals surface area contributed by atoms with Gasteiger partial charge in [0.1, 0.15) is 5.82 Å². The number of hydrogen-bond donors (Lipinski definition) is 1. The van der Waals surface area contributed by atoms with Crippen LogP contribution in [0.3, 0.4) is 0 Å². The molecule has 2 atom stereocenters. The Morgan fingerprint density at radius 2 is 2.00 bits per heavy atom. The molecule has 2 aromatic rings. The van der Waals surface area contributed by atoms with E-state index in [1.807, 2.05) is 6.92 Å². The van der Waals surface area contributed by atoms with Crippen molar-refractivity contribution in [3.63, 3.8) is 0 Å². The van der Waals surface area contributed by atoms with Crippen molar-refractivity contribution in [1.82, 2.24) is 15.1 Å². The number of nitrogens with one attached hydrogen (secondary N) is 1. The van der Waals surface area contributed by atoms with Gasteiger partial charge in [-0.15, -0.1) is 0 Å². The van der Waals surface area contributed by atoms with Gasteiger partial charge in [0, 0.05) is 55.3 Å². The highest BCUT2D eigenvalue weighted by Crippen LogP contribution is 2.45. The molecule has 2 unspecified atom stereocenters. The Morgan fingerprint density at radius 3 is 2.66 bits per heavy atom. The average Bonchev–Trinajstić information content (AvgIpc) is 3.24. The van der Waals surface area contributed by atoms with Gasteiger partial charge in [-0.3, -0.25) is 9.79 Å². The molecule has 1 amide bonds. The molecular weight excluding hydrogens is 395 g/mol. The first kappa shape index (κ1) is 19.8. The van der Waals surface area contributed by atoms with Gasteiger partial charge in [-0.2, -0.15) is 0 Å². The lowest BCUT2D eigenvalue weighted by atomic mass is 10.1. The Balaban J connectivity index is 1.36. The maximum atomic E-state index is 14.2. The number of amides is 1. The van der Waals surface area contributed by atoms with Gasteiger partial charge in [0.05, 0.1) is 6.26 Å². The Bertz CT molecular complexity index is 874. The van der Waals surface area contributed by atoms with Crippen LogP contribution in [0.15, 0.2) is 46.0 Å². The number of halogens is 2. The summed E-state index contributed by atoms with van der Waals surface area (Å²) < 4.78 is 19.4. The van der Waals surface area contributed by atoms with Crippen LogP contribution in [0.2, 0.25) is 5.02 Å². The fourth-order valence-corrected chi connectivity index (χ4v) is 4.07. The number of piperazine rings is 1. The van der Waals surface area contributed by atoms with Gasteiger partial charge in [-0.25, -0.2) is 4.39 Å². The molecule has 1 saturated carbocycles. The van der Waals surface area contributed by atoms with Gasteiger partial charge in [-0.05, 0) is 37.6 Å². The molecule has 154 valence electrons. The van der Waals surface area contributed by atoms with E-state index in [1.54, 1.807) is 29.2 Å². The zero-order valence-electron chi connectivity index (χ0n) is 16.3. The molecule has 1 aliphatic heterocycles. The zero-order valence-corrected chi connectivity index (χ0v) is 17.0. The maximum absolute atomic E-state index is 14.2. The van der Waals surface area contributed by atoms with Crippen molar-refractivity contribution in [3.8, 4) is 0 Å². The summed E-state index contributed by atoms with van der Waals surface area (Å²) in [4.78, 5) is 21.0. The van der Waals surface area contributed by atoms with Crippen LogP contribution in [-0.2, 0) is 0 Å². The normalized spacial score (nSPS) is 22.0. The molecule has 1 aliphatic carbocycles. The monoisotopic (exact) mass is 418 g/mol. The second-order valence-corrected chi connectivity index (χ2v) is 7.69. The molecule has 8 heteroatoms. The second-order valence-electron chi connectivity index (χ2n) is 7.28. The third-order valence-corrected chi connectivity index (χ3v) is 5.71. The molecule has 2 heterocycles. The minimum Gasteiger partial charge on any atom is -0.459 e. The van der Waals surface area contributed by atoms with E-state index in [2.05, 4.69) is 15.2 Å². The summed E-state index contributed by atoms with van der Waals surface area (Å²) >= 11 is 6.21. The summed E-state index contributed by atoms with van der Waals surface area (Å²) in [5.74, 6) is 0.866. The second kappa shape index (κ2) is 8.45.